The van der Waals surface area contributed by atoms with Crippen molar-refractivity contribution in [3.05, 3.63) is 35.4 Å². The lowest BCUT2D eigenvalue weighted by molar-refractivity contribution is -0.177. The van der Waals surface area contributed by atoms with Gasteiger partial charge in [0, 0.05) is 0 Å². The van der Waals surface area contributed by atoms with Crippen molar-refractivity contribution < 1.29 is 28.5 Å². The van der Waals surface area contributed by atoms with Gasteiger partial charge >= 0.3 is 11.9 Å². The molecule has 1 fully saturated rings. The molecule has 29 heavy (non-hydrogen) atoms. The molecule has 0 bridgehead atoms. The summed E-state index contributed by atoms with van der Waals surface area (Å²) in [7, 11) is 0. The number of esters is 2. The van der Waals surface area contributed by atoms with E-state index >= 15 is 0 Å². The third-order valence-corrected chi connectivity index (χ3v) is 5.33. The number of benzene rings is 1. The Morgan fingerprint density at radius 2 is 1.41 bits per heavy atom. The second-order valence-electron chi connectivity index (χ2n) is 7.73. The van der Waals surface area contributed by atoms with Crippen molar-refractivity contribution in [2.24, 2.45) is 5.41 Å². The molecule has 0 spiro atoms. The monoisotopic (exact) mass is 406 g/mol. The summed E-state index contributed by atoms with van der Waals surface area (Å²) >= 11 is 0. The van der Waals surface area contributed by atoms with Crippen LogP contribution in [-0.4, -0.2) is 45.2 Å². The average molecular weight is 407 g/mol. The van der Waals surface area contributed by atoms with Crippen molar-refractivity contribution in [2.75, 3.05) is 33.2 Å². The Bertz CT molecular complexity index is 619. The minimum atomic E-state index is -0.421. The molecule has 1 aliphatic rings. The Morgan fingerprint density at radius 1 is 0.862 bits per heavy atom. The minimum absolute atomic E-state index is 0.240. The Labute approximate surface area is 173 Å². The lowest BCUT2D eigenvalue weighted by Gasteiger charge is -2.35. The van der Waals surface area contributed by atoms with Gasteiger partial charge in [0.25, 0.3) is 0 Å². The van der Waals surface area contributed by atoms with Gasteiger partial charge in [0.1, 0.15) is 13.4 Å². The van der Waals surface area contributed by atoms with Gasteiger partial charge in [-0.3, -0.25) is 0 Å². The first-order valence-corrected chi connectivity index (χ1v) is 10.7. The van der Waals surface area contributed by atoms with Crippen LogP contribution in [0, 0.1) is 5.41 Å². The van der Waals surface area contributed by atoms with E-state index in [0.717, 1.165) is 19.3 Å². The van der Waals surface area contributed by atoms with Crippen LogP contribution in [0.3, 0.4) is 0 Å². The molecule has 0 saturated carbocycles. The number of rotatable bonds is 12. The van der Waals surface area contributed by atoms with Crippen LogP contribution in [0.4, 0.5) is 0 Å². The highest BCUT2D eigenvalue weighted by Gasteiger charge is 2.33. The van der Waals surface area contributed by atoms with E-state index < -0.39 is 5.97 Å². The van der Waals surface area contributed by atoms with Gasteiger partial charge in [-0.15, -0.1) is 0 Å². The predicted molar refractivity (Wildman–Crippen MR) is 110 cm³/mol. The van der Waals surface area contributed by atoms with E-state index in [1.807, 2.05) is 6.92 Å². The third-order valence-electron chi connectivity index (χ3n) is 5.33. The summed E-state index contributed by atoms with van der Waals surface area (Å²) in [6, 6.07) is 6.39. The number of carbonyl (C=O) groups excluding carboxylic acids is 2. The first kappa shape index (κ1) is 23.4. The van der Waals surface area contributed by atoms with Crippen molar-refractivity contribution in [3.63, 3.8) is 0 Å². The topological polar surface area (TPSA) is 71.1 Å². The van der Waals surface area contributed by atoms with E-state index in [0.29, 0.717) is 30.9 Å². The van der Waals surface area contributed by atoms with Crippen LogP contribution < -0.4 is 0 Å². The summed E-state index contributed by atoms with van der Waals surface area (Å²) in [5, 5.41) is 0. The normalized spacial score (nSPS) is 15.7. The number of carbonyl (C=O) groups is 2. The molecular weight excluding hydrogens is 372 g/mol. The summed E-state index contributed by atoms with van der Waals surface area (Å²) in [6.45, 7) is 6.20. The Morgan fingerprint density at radius 3 is 2.00 bits per heavy atom. The van der Waals surface area contributed by atoms with Crippen LogP contribution in [0.15, 0.2) is 24.3 Å². The van der Waals surface area contributed by atoms with Crippen LogP contribution in [0.2, 0.25) is 0 Å². The van der Waals surface area contributed by atoms with E-state index in [-0.39, 0.29) is 24.8 Å². The van der Waals surface area contributed by atoms with Gasteiger partial charge in [-0.2, -0.15) is 0 Å². The van der Waals surface area contributed by atoms with Gasteiger partial charge in [-0.1, -0.05) is 46.0 Å². The molecule has 0 unspecified atom stereocenters. The molecule has 6 heteroatoms. The number of hydrogen-bond donors (Lipinski definition) is 0. The lowest BCUT2D eigenvalue weighted by Crippen LogP contribution is -2.41. The molecule has 0 aromatic heterocycles. The average Bonchev–Trinajstić information content (AvgIpc) is 2.77. The van der Waals surface area contributed by atoms with E-state index in [2.05, 4.69) is 6.92 Å². The second-order valence-corrected chi connectivity index (χ2v) is 7.73. The van der Waals surface area contributed by atoms with Crippen molar-refractivity contribution >= 4 is 11.9 Å². The fourth-order valence-electron chi connectivity index (χ4n) is 3.18. The number of unbranched alkanes of at least 4 members (excludes halogenated alkanes) is 5. The molecule has 0 amide bonds. The molecule has 0 aliphatic carbocycles. The highest BCUT2D eigenvalue weighted by molar-refractivity contribution is 5.93. The summed E-state index contributed by atoms with van der Waals surface area (Å²) in [5.74, 6) is -0.782. The summed E-state index contributed by atoms with van der Waals surface area (Å²) in [6.07, 6.45) is 7.65. The standard InChI is InChI=1S/C23H34O6/c1-3-5-6-7-8-9-14-28-21(24)19-10-12-20(13-11-19)22(25)29-17-23(4-2)15-26-18-27-16-23/h10-13H,3-9,14-18H2,1-2H3. The summed E-state index contributed by atoms with van der Waals surface area (Å²) < 4.78 is 21.5. The maximum absolute atomic E-state index is 12.3. The molecule has 1 aromatic carbocycles. The molecule has 1 aliphatic heterocycles. The maximum Gasteiger partial charge on any atom is 0.338 e. The van der Waals surface area contributed by atoms with Gasteiger partial charge in [0.15, 0.2) is 0 Å². The van der Waals surface area contributed by atoms with Gasteiger partial charge < -0.3 is 18.9 Å². The fraction of sp³-hybridized carbons (Fsp3) is 0.652. The zero-order valence-electron chi connectivity index (χ0n) is 17.7. The van der Waals surface area contributed by atoms with Crippen molar-refractivity contribution in [2.45, 2.75) is 58.8 Å². The van der Waals surface area contributed by atoms with E-state index in [4.69, 9.17) is 18.9 Å². The Hall–Kier alpha value is -1.92. The molecule has 0 atom stereocenters. The van der Waals surface area contributed by atoms with Crippen LogP contribution in [0.1, 0.15) is 79.5 Å². The molecule has 6 nitrogen and oxygen atoms in total. The van der Waals surface area contributed by atoms with Gasteiger partial charge in [-0.05, 0) is 37.1 Å². The third kappa shape index (κ3) is 7.78. The fourth-order valence-corrected chi connectivity index (χ4v) is 3.18. The summed E-state index contributed by atoms with van der Waals surface area (Å²) in [5.41, 5.74) is 0.543. The molecule has 0 N–H and O–H groups in total. The van der Waals surface area contributed by atoms with Crippen LogP contribution in [0.25, 0.3) is 0 Å². The molecule has 162 valence electrons. The molecular formula is C23H34O6. The van der Waals surface area contributed by atoms with Gasteiger partial charge in [0.2, 0.25) is 0 Å². The highest BCUT2D eigenvalue weighted by Crippen LogP contribution is 2.27. The van der Waals surface area contributed by atoms with Crippen molar-refractivity contribution in [1.82, 2.24) is 0 Å². The van der Waals surface area contributed by atoms with Crippen LogP contribution in [-0.2, 0) is 18.9 Å². The Kier molecular flexibility index (Phi) is 10.2. The molecule has 0 radical (unpaired) electrons. The Balaban J connectivity index is 1.74. The molecule has 2 rings (SSSR count). The van der Waals surface area contributed by atoms with Crippen molar-refractivity contribution in [3.8, 4) is 0 Å². The van der Waals surface area contributed by atoms with Crippen LogP contribution >= 0.6 is 0 Å². The number of hydrogen-bond acceptors (Lipinski definition) is 6. The quantitative estimate of drug-likeness (QED) is 0.368. The minimum Gasteiger partial charge on any atom is -0.462 e. The maximum atomic E-state index is 12.3. The van der Waals surface area contributed by atoms with Gasteiger partial charge in [0.05, 0.1) is 36.4 Å². The highest BCUT2D eigenvalue weighted by atomic mass is 16.7. The van der Waals surface area contributed by atoms with Gasteiger partial charge in [-0.25, -0.2) is 9.59 Å². The predicted octanol–water partition coefficient (Wildman–Crippen LogP) is 4.76. The summed E-state index contributed by atoms with van der Waals surface area (Å²) in [4.78, 5) is 24.4. The van der Waals surface area contributed by atoms with Crippen LogP contribution in [0.5, 0.6) is 0 Å². The zero-order chi connectivity index (χ0) is 21.0. The van der Waals surface area contributed by atoms with E-state index in [9.17, 15) is 9.59 Å². The smallest absolute Gasteiger partial charge is 0.338 e. The van der Waals surface area contributed by atoms with E-state index in [1.165, 1.54) is 25.7 Å². The SMILES string of the molecule is CCCCCCCCOC(=O)c1ccc(C(=O)OCC2(CC)COCOC2)cc1. The van der Waals surface area contributed by atoms with Crippen molar-refractivity contribution in [1.29, 1.82) is 0 Å². The first-order chi connectivity index (χ1) is 14.1. The van der Waals surface area contributed by atoms with E-state index in [1.54, 1.807) is 24.3 Å². The lowest BCUT2D eigenvalue weighted by atomic mass is 9.87. The molecule has 1 saturated heterocycles. The molecule has 1 heterocycles. The largest absolute Gasteiger partial charge is 0.462 e. The zero-order valence-corrected chi connectivity index (χ0v) is 17.7. The second kappa shape index (κ2) is 12.6. The molecule has 1 aromatic rings. The first-order valence-electron chi connectivity index (χ1n) is 10.7. The number of ether oxygens (including phenoxy) is 4.